The van der Waals surface area contributed by atoms with Crippen LogP contribution in [-0.2, 0) is 6.42 Å². The van der Waals surface area contributed by atoms with Crippen molar-refractivity contribution >= 4 is 11.5 Å². The number of anilines is 2. The van der Waals surface area contributed by atoms with E-state index >= 15 is 0 Å². The molecule has 0 unspecified atom stereocenters. The van der Waals surface area contributed by atoms with Crippen LogP contribution in [0.25, 0.3) is 0 Å². The Kier molecular flexibility index (Phi) is 6.55. The van der Waals surface area contributed by atoms with Crippen molar-refractivity contribution in [2.45, 2.75) is 59.9 Å². The van der Waals surface area contributed by atoms with Gasteiger partial charge < -0.3 is 15.8 Å². The van der Waals surface area contributed by atoms with E-state index in [4.69, 9.17) is 10.5 Å². The number of nitrogens with two attached hydrogens (primary N) is 1. The zero-order valence-corrected chi connectivity index (χ0v) is 13.4. The van der Waals surface area contributed by atoms with Gasteiger partial charge in [0.1, 0.15) is 11.5 Å². The molecule has 0 saturated carbocycles. The van der Waals surface area contributed by atoms with Crippen LogP contribution >= 0.6 is 0 Å². The van der Waals surface area contributed by atoms with Crippen LogP contribution in [0.2, 0.25) is 0 Å². The van der Waals surface area contributed by atoms with Crippen LogP contribution in [0, 0.1) is 5.92 Å². The van der Waals surface area contributed by atoms with Crippen LogP contribution in [0.1, 0.15) is 53.3 Å². The normalized spacial score (nSPS) is 11.2. The Labute approximate surface area is 122 Å². The monoisotopic (exact) mass is 280 g/mol. The number of ether oxygens (including phenoxy) is 1. The lowest BCUT2D eigenvalue weighted by molar-refractivity contribution is 0.298. The van der Waals surface area contributed by atoms with Crippen LogP contribution in [0.3, 0.4) is 0 Å². The molecule has 1 aromatic heterocycles. The molecule has 3 N–H and O–H groups in total. The van der Waals surface area contributed by atoms with Crippen LogP contribution in [0.4, 0.5) is 11.5 Å². The van der Waals surface area contributed by atoms with Crippen LogP contribution in [-0.4, -0.2) is 22.6 Å². The van der Waals surface area contributed by atoms with Gasteiger partial charge in [-0.05, 0) is 26.2 Å². The molecule has 114 valence electrons. The summed E-state index contributed by atoms with van der Waals surface area (Å²) in [5, 5.41) is 3.26. The second-order valence-corrected chi connectivity index (χ2v) is 5.81. The third-order valence-electron chi connectivity index (χ3n) is 2.71. The minimum absolute atomic E-state index is 0.266. The van der Waals surface area contributed by atoms with Crippen molar-refractivity contribution in [1.82, 2.24) is 9.97 Å². The summed E-state index contributed by atoms with van der Waals surface area (Å²) in [6.07, 6.45) is 2.90. The molecule has 0 amide bonds. The van der Waals surface area contributed by atoms with E-state index in [1.54, 1.807) is 0 Å². The van der Waals surface area contributed by atoms with Crippen LogP contribution < -0.4 is 15.8 Å². The molecule has 0 radical (unpaired) electrons. The van der Waals surface area contributed by atoms with Crippen molar-refractivity contribution in [3.63, 3.8) is 0 Å². The quantitative estimate of drug-likeness (QED) is 0.715. The van der Waals surface area contributed by atoms with Crippen molar-refractivity contribution in [1.29, 1.82) is 0 Å². The summed E-state index contributed by atoms with van der Waals surface area (Å²) in [6.45, 7) is 11.2. The zero-order valence-electron chi connectivity index (χ0n) is 13.4. The standard InChI is InChI=1S/C15H28N4O/c1-6-7-8-20-15-13(16)14(17-11(4)5)18-12(19-15)9-10(2)3/h10-11H,6-9,16H2,1-5H3,(H,17,18,19). The first-order valence-electron chi connectivity index (χ1n) is 7.49. The van der Waals surface area contributed by atoms with Crippen LogP contribution in [0.15, 0.2) is 0 Å². The predicted molar refractivity (Wildman–Crippen MR) is 84.1 cm³/mol. The highest BCUT2D eigenvalue weighted by molar-refractivity contribution is 5.67. The summed E-state index contributed by atoms with van der Waals surface area (Å²) >= 11 is 0. The number of unbranched alkanes of at least 4 members (excludes halogenated alkanes) is 1. The van der Waals surface area contributed by atoms with Crippen molar-refractivity contribution in [2.24, 2.45) is 5.92 Å². The lowest BCUT2D eigenvalue weighted by Crippen LogP contribution is -2.16. The predicted octanol–water partition coefficient (Wildman–Crippen LogP) is 3.26. The molecule has 0 saturated heterocycles. The summed E-state index contributed by atoms with van der Waals surface area (Å²) in [6, 6.07) is 0.266. The summed E-state index contributed by atoms with van der Waals surface area (Å²) in [5.41, 5.74) is 6.60. The molecule has 0 aliphatic carbocycles. The number of nitrogens with one attached hydrogen (secondary N) is 1. The number of aromatic nitrogens is 2. The second-order valence-electron chi connectivity index (χ2n) is 5.81. The van der Waals surface area contributed by atoms with Gasteiger partial charge in [0.15, 0.2) is 5.82 Å². The topological polar surface area (TPSA) is 73.1 Å². The van der Waals surface area contributed by atoms with E-state index in [9.17, 15) is 0 Å². The van der Waals surface area contributed by atoms with Gasteiger partial charge in [0.25, 0.3) is 0 Å². The van der Waals surface area contributed by atoms with E-state index in [0.717, 1.165) is 25.1 Å². The van der Waals surface area contributed by atoms with Gasteiger partial charge in [-0.15, -0.1) is 0 Å². The molecule has 1 aromatic rings. The minimum Gasteiger partial charge on any atom is -0.476 e. The fourth-order valence-corrected chi connectivity index (χ4v) is 1.76. The molecule has 0 atom stereocenters. The third kappa shape index (κ3) is 5.23. The number of rotatable bonds is 8. The van der Waals surface area contributed by atoms with Crippen molar-refractivity contribution in [3.05, 3.63) is 5.82 Å². The maximum Gasteiger partial charge on any atom is 0.242 e. The average molecular weight is 280 g/mol. The van der Waals surface area contributed by atoms with Gasteiger partial charge in [0.05, 0.1) is 6.61 Å². The molecule has 0 fully saturated rings. The molecule has 20 heavy (non-hydrogen) atoms. The Bertz CT molecular complexity index is 419. The highest BCUT2D eigenvalue weighted by atomic mass is 16.5. The van der Waals surface area contributed by atoms with Gasteiger partial charge in [-0.3, -0.25) is 0 Å². The highest BCUT2D eigenvalue weighted by Crippen LogP contribution is 2.27. The van der Waals surface area contributed by atoms with Crippen molar-refractivity contribution in [2.75, 3.05) is 17.7 Å². The Morgan fingerprint density at radius 3 is 2.45 bits per heavy atom. The first kappa shape index (κ1) is 16.5. The van der Waals surface area contributed by atoms with Gasteiger partial charge in [-0.2, -0.15) is 4.98 Å². The lowest BCUT2D eigenvalue weighted by atomic mass is 10.1. The molecular formula is C15H28N4O. The Balaban J connectivity index is 2.99. The Hall–Kier alpha value is -1.52. The minimum atomic E-state index is 0.266. The summed E-state index contributed by atoms with van der Waals surface area (Å²) in [7, 11) is 0. The van der Waals surface area contributed by atoms with Gasteiger partial charge in [0.2, 0.25) is 5.88 Å². The zero-order chi connectivity index (χ0) is 15.1. The van der Waals surface area contributed by atoms with Crippen LogP contribution in [0.5, 0.6) is 5.88 Å². The van der Waals surface area contributed by atoms with E-state index in [-0.39, 0.29) is 6.04 Å². The molecule has 5 nitrogen and oxygen atoms in total. The molecule has 5 heteroatoms. The molecule has 0 spiro atoms. The van der Waals surface area contributed by atoms with Gasteiger partial charge in [-0.25, -0.2) is 4.98 Å². The SMILES string of the molecule is CCCCOc1nc(CC(C)C)nc(NC(C)C)c1N. The molecule has 0 aromatic carbocycles. The van der Waals surface area contributed by atoms with Crippen molar-refractivity contribution in [3.8, 4) is 5.88 Å². The molecule has 1 rings (SSSR count). The maximum absolute atomic E-state index is 6.10. The molecule has 0 aliphatic rings. The smallest absolute Gasteiger partial charge is 0.242 e. The molecule has 0 aliphatic heterocycles. The highest BCUT2D eigenvalue weighted by Gasteiger charge is 2.14. The van der Waals surface area contributed by atoms with E-state index in [0.29, 0.717) is 29.9 Å². The van der Waals surface area contributed by atoms with E-state index < -0.39 is 0 Å². The Morgan fingerprint density at radius 2 is 1.90 bits per heavy atom. The maximum atomic E-state index is 6.10. The molecule has 1 heterocycles. The number of nitrogen functional groups attached to an aromatic ring is 1. The molecule has 0 bridgehead atoms. The summed E-state index contributed by atoms with van der Waals surface area (Å²) < 4.78 is 5.71. The summed E-state index contributed by atoms with van der Waals surface area (Å²) in [4.78, 5) is 8.97. The Morgan fingerprint density at radius 1 is 1.20 bits per heavy atom. The van der Waals surface area contributed by atoms with E-state index in [1.165, 1.54) is 0 Å². The average Bonchev–Trinajstić information content (AvgIpc) is 2.33. The summed E-state index contributed by atoms with van der Waals surface area (Å²) in [5.74, 6) is 2.46. The van der Waals surface area contributed by atoms with Crippen molar-refractivity contribution < 1.29 is 4.74 Å². The number of hydrogen-bond acceptors (Lipinski definition) is 5. The first-order valence-corrected chi connectivity index (χ1v) is 7.49. The van der Waals surface area contributed by atoms with E-state index in [2.05, 4.69) is 49.9 Å². The second kappa shape index (κ2) is 7.92. The molecular weight excluding hydrogens is 252 g/mol. The number of hydrogen-bond donors (Lipinski definition) is 2. The largest absolute Gasteiger partial charge is 0.476 e. The number of nitrogens with zero attached hydrogens (tertiary/aromatic N) is 2. The van der Waals surface area contributed by atoms with Gasteiger partial charge in [0, 0.05) is 12.5 Å². The van der Waals surface area contributed by atoms with Gasteiger partial charge in [-0.1, -0.05) is 27.2 Å². The fourth-order valence-electron chi connectivity index (χ4n) is 1.76. The lowest BCUT2D eigenvalue weighted by Gasteiger charge is -2.16. The van der Waals surface area contributed by atoms with Gasteiger partial charge >= 0.3 is 0 Å². The third-order valence-corrected chi connectivity index (χ3v) is 2.71. The fraction of sp³-hybridized carbons (Fsp3) is 0.733. The van der Waals surface area contributed by atoms with E-state index in [1.807, 2.05) is 0 Å². The first-order chi connectivity index (χ1) is 9.43.